The van der Waals surface area contributed by atoms with Gasteiger partial charge in [0.25, 0.3) is 0 Å². The van der Waals surface area contributed by atoms with Crippen molar-refractivity contribution in [2.75, 3.05) is 40.0 Å². The van der Waals surface area contributed by atoms with Gasteiger partial charge in [-0.25, -0.2) is 0 Å². The molecule has 4 nitrogen and oxygen atoms in total. The van der Waals surface area contributed by atoms with Crippen molar-refractivity contribution in [1.29, 1.82) is 0 Å². The Morgan fingerprint density at radius 3 is 2.71 bits per heavy atom. The molecule has 1 spiro atoms. The maximum atomic E-state index is 6.14. The lowest BCUT2D eigenvalue weighted by Gasteiger charge is -2.45. The highest BCUT2D eigenvalue weighted by Gasteiger charge is 2.39. The van der Waals surface area contributed by atoms with Crippen molar-refractivity contribution in [2.24, 2.45) is 0 Å². The van der Waals surface area contributed by atoms with E-state index >= 15 is 0 Å². The van der Waals surface area contributed by atoms with E-state index in [1.165, 1.54) is 0 Å². The van der Waals surface area contributed by atoms with Crippen molar-refractivity contribution in [1.82, 2.24) is 4.90 Å². The molecule has 5 heteroatoms. The first-order chi connectivity index (χ1) is 11.7. The summed E-state index contributed by atoms with van der Waals surface area (Å²) in [6.07, 6.45) is 5.35. The normalized spacial score (nSPS) is 23.5. The number of rotatable bonds is 6. The van der Waals surface area contributed by atoms with Gasteiger partial charge in [-0.1, -0.05) is 11.6 Å². The summed E-state index contributed by atoms with van der Waals surface area (Å²) in [6.45, 7) is 4.33. The largest absolute Gasteiger partial charge is 0.494 e. The molecule has 0 aromatic heterocycles. The molecule has 134 valence electrons. The fourth-order valence-corrected chi connectivity index (χ4v) is 3.81. The van der Waals surface area contributed by atoms with Gasteiger partial charge in [0.15, 0.2) is 0 Å². The Hall–Kier alpha value is -0.810. The molecule has 0 saturated carbocycles. The molecule has 2 saturated heterocycles. The van der Waals surface area contributed by atoms with Gasteiger partial charge in [-0.15, -0.1) is 0 Å². The van der Waals surface area contributed by atoms with Gasteiger partial charge in [0.1, 0.15) is 5.75 Å². The Morgan fingerprint density at radius 2 is 1.96 bits per heavy atom. The van der Waals surface area contributed by atoms with Gasteiger partial charge in [-0.2, -0.15) is 0 Å². The molecule has 0 bridgehead atoms. The molecule has 3 rings (SSSR count). The lowest BCUT2D eigenvalue weighted by atomic mass is 9.83. The molecular formula is C19H28ClNO3. The van der Waals surface area contributed by atoms with E-state index in [4.69, 9.17) is 25.8 Å². The average molecular weight is 354 g/mol. The summed E-state index contributed by atoms with van der Waals surface area (Å²) >= 11 is 5.88. The second-order valence-electron chi connectivity index (χ2n) is 6.93. The first kappa shape index (κ1) is 18.0. The smallest absolute Gasteiger partial charge is 0.119 e. The van der Waals surface area contributed by atoms with Crippen LogP contribution in [0.25, 0.3) is 0 Å². The molecular weight excluding hydrogens is 326 g/mol. The van der Waals surface area contributed by atoms with E-state index in [2.05, 4.69) is 11.9 Å². The molecule has 0 N–H and O–H groups in total. The molecule has 1 unspecified atom stereocenters. The predicted molar refractivity (Wildman–Crippen MR) is 96.0 cm³/mol. The zero-order chi connectivity index (χ0) is 16.8. The Balaban J connectivity index is 1.39. The second-order valence-corrected chi connectivity index (χ2v) is 7.36. The van der Waals surface area contributed by atoms with E-state index in [0.717, 1.165) is 75.8 Å². The van der Waals surface area contributed by atoms with Gasteiger partial charge in [0.2, 0.25) is 0 Å². The summed E-state index contributed by atoms with van der Waals surface area (Å²) in [4.78, 5) is 2.48. The van der Waals surface area contributed by atoms with E-state index in [9.17, 15) is 0 Å². The molecule has 2 fully saturated rings. The summed E-state index contributed by atoms with van der Waals surface area (Å²) in [5.74, 6) is 0.884. The zero-order valence-corrected chi connectivity index (χ0v) is 15.3. The number of ether oxygens (including phenoxy) is 3. The minimum Gasteiger partial charge on any atom is -0.494 e. The van der Waals surface area contributed by atoms with Crippen LogP contribution < -0.4 is 4.74 Å². The van der Waals surface area contributed by atoms with Crippen molar-refractivity contribution in [3.8, 4) is 5.75 Å². The molecule has 2 aliphatic rings. The Bertz CT molecular complexity index is 496. The third-order valence-corrected chi connectivity index (χ3v) is 5.48. The van der Waals surface area contributed by atoms with Crippen molar-refractivity contribution in [2.45, 2.75) is 43.7 Å². The predicted octanol–water partition coefficient (Wildman–Crippen LogP) is 3.77. The molecule has 24 heavy (non-hydrogen) atoms. The van der Waals surface area contributed by atoms with E-state index in [0.29, 0.717) is 6.04 Å². The fraction of sp³-hybridized carbons (Fsp3) is 0.684. The van der Waals surface area contributed by atoms with Gasteiger partial charge in [-0.05, 0) is 63.4 Å². The van der Waals surface area contributed by atoms with Gasteiger partial charge in [0, 0.05) is 37.4 Å². The second kappa shape index (κ2) is 8.52. The molecule has 1 aromatic carbocycles. The van der Waals surface area contributed by atoms with Gasteiger partial charge in [0.05, 0.1) is 12.2 Å². The average Bonchev–Trinajstić information content (AvgIpc) is 2.61. The van der Waals surface area contributed by atoms with Crippen LogP contribution in [0.1, 0.15) is 32.1 Å². The van der Waals surface area contributed by atoms with Crippen LogP contribution in [-0.2, 0) is 9.47 Å². The summed E-state index contributed by atoms with van der Waals surface area (Å²) in [5.41, 5.74) is 0.0647. The minimum absolute atomic E-state index is 0.0647. The Labute approximate surface area is 150 Å². The molecule has 0 aliphatic carbocycles. The maximum absolute atomic E-state index is 6.14. The van der Waals surface area contributed by atoms with Crippen LogP contribution >= 0.6 is 11.6 Å². The van der Waals surface area contributed by atoms with Gasteiger partial charge in [-0.3, -0.25) is 0 Å². The van der Waals surface area contributed by atoms with Gasteiger partial charge < -0.3 is 19.1 Å². The van der Waals surface area contributed by atoms with Crippen molar-refractivity contribution >= 4 is 11.6 Å². The molecule has 2 aliphatic heterocycles. The monoisotopic (exact) mass is 353 g/mol. The van der Waals surface area contributed by atoms with E-state index in [1.807, 2.05) is 24.3 Å². The lowest BCUT2D eigenvalue weighted by Crippen LogP contribution is -2.50. The fourth-order valence-electron chi connectivity index (χ4n) is 3.69. The number of hydrogen-bond acceptors (Lipinski definition) is 4. The number of nitrogens with zero attached hydrogens (tertiary/aromatic N) is 1. The molecule has 0 amide bonds. The van der Waals surface area contributed by atoms with Crippen LogP contribution in [0.4, 0.5) is 0 Å². The summed E-state index contributed by atoms with van der Waals surface area (Å²) in [6, 6.07) is 8.16. The van der Waals surface area contributed by atoms with E-state index in [1.54, 1.807) is 0 Å². The highest BCUT2D eigenvalue weighted by molar-refractivity contribution is 6.30. The third kappa shape index (κ3) is 4.85. The van der Waals surface area contributed by atoms with Crippen molar-refractivity contribution in [3.63, 3.8) is 0 Å². The number of hydrogen-bond donors (Lipinski definition) is 0. The van der Waals surface area contributed by atoms with Crippen molar-refractivity contribution < 1.29 is 14.2 Å². The van der Waals surface area contributed by atoms with E-state index in [-0.39, 0.29) is 5.60 Å². The lowest BCUT2D eigenvalue weighted by molar-refractivity contribution is -0.149. The third-order valence-electron chi connectivity index (χ3n) is 5.23. The summed E-state index contributed by atoms with van der Waals surface area (Å²) in [7, 11) is 2.23. The molecule has 2 heterocycles. The van der Waals surface area contributed by atoms with Crippen LogP contribution in [-0.4, -0.2) is 56.6 Å². The summed E-state index contributed by atoms with van der Waals surface area (Å²) in [5, 5.41) is 0.739. The SMILES string of the molecule is CN(CCCOc1ccc(Cl)cc1)C1CCOC2(CCOCC2)C1. The Kier molecular flexibility index (Phi) is 6.39. The van der Waals surface area contributed by atoms with Crippen LogP contribution in [0.3, 0.4) is 0 Å². The van der Waals surface area contributed by atoms with Crippen LogP contribution in [0.2, 0.25) is 5.02 Å². The highest BCUT2D eigenvalue weighted by atomic mass is 35.5. The highest BCUT2D eigenvalue weighted by Crippen LogP contribution is 2.35. The van der Waals surface area contributed by atoms with E-state index < -0.39 is 0 Å². The molecule has 0 radical (unpaired) electrons. The zero-order valence-electron chi connectivity index (χ0n) is 14.5. The summed E-state index contributed by atoms with van der Waals surface area (Å²) < 4.78 is 17.4. The first-order valence-corrected chi connectivity index (χ1v) is 9.35. The minimum atomic E-state index is 0.0647. The maximum Gasteiger partial charge on any atom is 0.119 e. The number of halogens is 1. The topological polar surface area (TPSA) is 30.9 Å². The standard InChI is InChI=1S/C19H28ClNO3/c1-21(10-2-11-23-18-5-3-16(20)4-6-18)17-7-12-24-19(15-17)8-13-22-14-9-19/h3-6,17H,2,7-15H2,1H3. The van der Waals surface area contributed by atoms with Crippen LogP contribution in [0, 0.1) is 0 Å². The van der Waals surface area contributed by atoms with Crippen LogP contribution in [0.15, 0.2) is 24.3 Å². The first-order valence-electron chi connectivity index (χ1n) is 8.97. The van der Waals surface area contributed by atoms with Gasteiger partial charge >= 0.3 is 0 Å². The quantitative estimate of drug-likeness (QED) is 0.728. The van der Waals surface area contributed by atoms with Crippen molar-refractivity contribution in [3.05, 3.63) is 29.3 Å². The Morgan fingerprint density at radius 1 is 1.21 bits per heavy atom. The number of benzene rings is 1. The molecule has 1 aromatic rings. The van der Waals surface area contributed by atoms with Crippen LogP contribution in [0.5, 0.6) is 5.75 Å². The molecule has 1 atom stereocenters.